The number of quaternary nitrogens is 1. The summed E-state index contributed by atoms with van der Waals surface area (Å²) in [6, 6.07) is 0. The average molecular weight is 631 g/mol. The number of likely N-dealkylation sites (N-methyl/N-ethyl adjacent to an activating group) is 1. The maximum atomic E-state index is 12.5. The first-order valence-electron chi connectivity index (χ1n) is 16.7. The van der Waals surface area contributed by atoms with Gasteiger partial charge in [-0.3, -0.25) is 13.8 Å². The van der Waals surface area contributed by atoms with Crippen molar-refractivity contribution in [2.45, 2.75) is 123 Å². The van der Waals surface area contributed by atoms with Crippen molar-refractivity contribution >= 4 is 13.8 Å². The molecule has 0 aromatic carbocycles. The lowest BCUT2D eigenvalue weighted by molar-refractivity contribution is -0.870. The molecule has 2 atom stereocenters. The smallest absolute Gasteiger partial charge is 0.457 e. The third kappa shape index (κ3) is 31.9. The zero-order valence-corrected chi connectivity index (χ0v) is 29.1. The summed E-state index contributed by atoms with van der Waals surface area (Å²) in [5, 5.41) is 0. The molecule has 0 heterocycles. The Kier molecular flexibility index (Phi) is 27.4. The zero-order valence-electron chi connectivity index (χ0n) is 28.2. The monoisotopic (exact) mass is 630 g/mol. The van der Waals surface area contributed by atoms with Crippen molar-refractivity contribution in [2.24, 2.45) is 0 Å². The Morgan fingerprint density at radius 3 is 2.00 bits per heavy atom. The lowest BCUT2D eigenvalue weighted by atomic mass is 10.1. The highest BCUT2D eigenvalue weighted by Crippen LogP contribution is 2.43. The molecule has 0 aromatic rings. The fraction of sp³-hybridized carbons (Fsp3) is 0.794. The number of carbonyl (C=O) groups is 1. The number of phosphoric ester groups is 1. The number of rotatable bonds is 30. The normalized spacial score (nSPS) is 14.7. The van der Waals surface area contributed by atoms with E-state index in [1.54, 1.807) is 0 Å². The van der Waals surface area contributed by atoms with Crippen molar-refractivity contribution in [3.63, 3.8) is 0 Å². The van der Waals surface area contributed by atoms with Crippen molar-refractivity contribution in [2.75, 3.05) is 54.1 Å². The summed E-state index contributed by atoms with van der Waals surface area (Å²) in [6.07, 6.45) is 28.9. The summed E-state index contributed by atoms with van der Waals surface area (Å²) in [7, 11) is 1.64. The fourth-order valence-electron chi connectivity index (χ4n) is 4.09. The van der Waals surface area contributed by atoms with Gasteiger partial charge in [0.2, 0.25) is 0 Å². The fourth-order valence-corrected chi connectivity index (χ4v) is 4.83. The highest BCUT2D eigenvalue weighted by molar-refractivity contribution is 7.47. The van der Waals surface area contributed by atoms with Gasteiger partial charge in [-0.05, 0) is 44.9 Å². The average Bonchev–Trinajstić information content (AvgIpc) is 2.94. The zero-order chi connectivity index (χ0) is 32.1. The van der Waals surface area contributed by atoms with Crippen molar-refractivity contribution in [3.05, 3.63) is 36.5 Å². The first-order chi connectivity index (χ1) is 20.6. The second-order valence-corrected chi connectivity index (χ2v) is 13.6. The lowest BCUT2D eigenvalue weighted by Gasteiger charge is -2.24. The van der Waals surface area contributed by atoms with E-state index < -0.39 is 13.9 Å². The summed E-state index contributed by atoms with van der Waals surface area (Å²) in [5.41, 5.74) is 0. The summed E-state index contributed by atoms with van der Waals surface area (Å²) >= 11 is 0. The second kappa shape index (κ2) is 28.2. The number of ether oxygens (including phenoxy) is 2. The topological polar surface area (TPSA) is 91.3 Å². The van der Waals surface area contributed by atoms with Crippen LogP contribution in [0.3, 0.4) is 0 Å². The van der Waals surface area contributed by atoms with E-state index in [0.29, 0.717) is 24.1 Å². The molecule has 0 aliphatic carbocycles. The van der Waals surface area contributed by atoms with Gasteiger partial charge in [-0.15, -0.1) is 0 Å². The minimum atomic E-state index is -4.26. The SMILES string of the molecule is CC/C=C\C/C=C\C/C=C\CCCCCC(=O)OC(COCCCCCCCCCC)COP(=O)(O)OCC[N+](C)(C)C. The minimum absolute atomic E-state index is 0.0825. The van der Waals surface area contributed by atoms with E-state index in [4.69, 9.17) is 18.5 Å². The number of esters is 1. The van der Waals surface area contributed by atoms with Crippen LogP contribution in [0.4, 0.5) is 0 Å². The van der Waals surface area contributed by atoms with E-state index in [9.17, 15) is 14.3 Å². The molecule has 9 heteroatoms. The Hall–Kier alpha value is -1.28. The summed E-state index contributed by atoms with van der Waals surface area (Å²) in [6.45, 7) is 5.41. The third-order valence-electron chi connectivity index (χ3n) is 6.72. The summed E-state index contributed by atoms with van der Waals surface area (Å²) in [4.78, 5) is 22.6. The Balaban J connectivity index is 4.42. The van der Waals surface area contributed by atoms with Crippen LogP contribution in [0.1, 0.15) is 117 Å². The first kappa shape index (κ1) is 41.7. The number of allylic oxidation sites excluding steroid dienone is 6. The van der Waals surface area contributed by atoms with E-state index in [2.05, 4.69) is 50.3 Å². The van der Waals surface area contributed by atoms with Gasteiger partial charge in [0.15, 0.2) is 0 Å². The van der Waals surface area contributed by atoms with E-state index in [0.717, 1.165) is 57.8 Å². The first-order valence-corrected chi connectivity index (χ1v) is 18.2. The maximum absolute atomic E-state index is 12.5. The van der Waals surface area contributed by atoms with Crippen LogP contribution < -0.4 is 0 Å². The van der Waals surface area contributed by atoms with Crippen LogP contribution in [0.15, 0.2) is 36.5 Å². The molecular formula is C34H65NO7P+. The molecule has 0 saturated heterocycles. The number of phosphoric acid groups is 1. The number of hydrogen-bond donors (Lipinski definition) is 1. The standard InChI is InChI=1S/C34H64NO7P/c1-6-8-10-12-14-16-17-18-19-20-21-23-25-27-34(36)42-33(31-39-29-26-24-22-15-13-11-9-7-2)32-41-43(37,38)40-30-28-35(3,4)5/h8,10,14,16,18-19,33H,6-7,9,11-13,15,17,20-32H2,1-5H3/p+1/b10-8-,16-14-,19-18-. The lowest BCUT2D eigenvalue weighted by Crippen LogP contribution is -2.37. The van der Waals surface area contributed by atoms with Gasteiger partial charge in [0.05, 0.1) is 34.4 Å². The van der Waals surface area contributed by atoms with Crippen LogP contribution in [0.5, 0.6) is 0 Å². The highest BCUT2D eigenvalue weighted by atomic mass is 31.2. The van der Waals surface area contributed by atoms with Crippen LogP contribution >= 0.6 is 7.82 Å². The van der Waals surface area contributed by atoms with Crippen LogP contribution in [-0.2, 0) is 27.9 Å². The molecule has 0 spiro atoms. The van der Waals surface area contributed by atoms with Crippen LogP contribution in [0.25, 0.3) is 0 Å². The van der Waals surface area contributed by atoms with Crippen molar-refractivity contribution in [3.8, 4) is 0 Å². The molecule has 0 amide bonds. The largest absolute Gasteiger partial charge is 0.472 e. The summed E-state index contributed by atoms with van der Waals surface area (Å²) in [5.74, 6) is -0.346. The predicted molar refractivity (Wildman–Crippen MR) is 178 cm³/mol. The Labute approximate surface area is 264 Å². The van der Waals surface area contributed by atoms with Gasteiger partial charge in [-0.2, -0.15) is 0 Å². The van der Waals surface area contributed by atoms with Gasteiger partial charge in [0, 0.05) is 13.0 Å². The molecule has 2 unspecified atom stereocenters. The van der Waals surface area contributed by atoms with E-state index >= 15 is 0 Å². The van der Waals surface area contributed by atoms with Gasteiger partial charge in [0.25, 0.3) is 0 Å². The molecule has 0 radical (unpaired) electrons. The molecule has 0 bridgehead atoms. The second-order valence-electron chi connectivity index (χ2n) is 12.2. The molecule has 0 fully saturated rings. The number of hydrogen-bond acceptors (Lipinski definition) is 6. The Morgan fingerprint density at radius 2 is 1.35 bits per heavy atom. The molecule has 1 N–H and O–H groups in total. The number of nitrogens with zero attached hydrogens (tertiary/aromatic N) is 1. The van der Waals surface area contributed by atoms with Gasteiger partial charge >= 0.3 is 13.8 Å². The quantitative estimate of drug-likeness (QED) is 0.0279. The van der Waals surface area contributed by atoms with Crippen molar-refractivity contribution < 1.29 is 37.3 Å². The molecule has 252 valence electrons. The molecule has 0 aromatic heterocycles. The van der Waals surface area contributed by atoms with Crippen LogP contribution in [0.2, 0.25) is 0 Å². The number of unbranched alkanes of at least 4 members (excludes halogenated alkanes) is 10. The molecule has 8 nitrogen and oxygen atoms in total. The predicted octanol–water partition coefficient (Wildman–Crippen LogP) is 8.70. The maximum Gasteiger partial charge on any atom is 0.472 e. The molecular weight excluding hydrogens is 565 g/mol. The van der Waals surface area contributed by atoms with Gasteiger partial charge in [0.1, 0.15) is 19.3 Å². The molecule has 0 saturated carbocycles. The molecule has 0 rings (SSSR count). The minimum Gasteiger partial charge on any atom is -0.457 e. The summed E-state index contributed by atoms with van der Waals surface area (Å²) < 4.78 is 34.6. The Morgan fingerprint density at radius 1 is 0.744 bits per heavy atom. The van der Waals surface area contributed by atoms with Crippen LogP contribution in [0, 0.1) is 0 Å². The Bertz CT molecular complexity index is 792. The molecule has 0 aliphatic rings. The van der Waals surface area contributed by atoms with E-state index in [1.807, 2.05) is 21.1 Å². The number of carbonyl (C=O) groups excluding carboxylic acids is 1. The van der Waals surface area contributed by atoms with Crippen molar-refractivity contribution in [1.82, 2.24) is 0 Å². The van der Waals surface area contributed by atoms with Gasteiger partial charge < -0.3 is 18.9 Å². The van der Waals surface area contributed by atoms with E-state index in [-0.39, 0.29) is 25.8 Å². The molecule has 0 aliphatic heterocycles. The van der Waals surface area contributed by atoms with Gasteiger partial charge in [-0.25, -0.2) is 4.57 Å². The van der Waals surface area contributed by atoms with Gasteiger partial charge in [-0.1, -0.05) is 102 Å². The highest BCUT2D eigenvalue weighted by Gasteiger charge is 2.26. The van der Waals surface area contributed by atoms with E-state index in [1.165, 1.54) is 38.5 Å². The van der Waals surface area contributed by atoms with Crippen molar-refractivity contribution in [1.29, 1.82) is 0 Å². The third-order valence-corrected chi connectivity index (χ3v) is 7.70. The molecule has 43 heavy (non-hydrogen) atoms. The van der Waals surface area contributed by atoms with Crippen LogP contribution in [-0.4, -0.2) is 75.6 Å².